The first kappa shape index (κ1) is 14.1. The predicted octanol–water partition coefficient (Wildman–Crippen LogP) is 3.08. The Bertz CT molecular complexity index is 399. The minimum atomic E-state index is 0.710. The SMILES string of the molecule is CC(CC1CC1)NC1CCN(CCc2ccccc2)C1. The minimum Gasteiger partial charge on any atom is -0.310 e. The molecule has 2 aliphatic rings. The molecule has 0 amide bonds. The summed E-state index contributed by atoms with van der Waals surface area (Å²) in [5.74, 6) is 1.04. The lowest BCUT2D eigenvalue weighted by Crippen LogP contribution is -2.39. The zero-order valence-electron chi connectivity index (χ0n) is 12.7. The van der Waals surface area contributed by atoms with Gasteiger partial charge in [0.05, 0.1) is 0 Å². The van der Waals surface area contributed by atoms with Gasteiger partial charge in [0.15, 0.2) is 0 Å². The molecule has 2 heteroatoms. The Morgan fingerprint density at radius 2 is 2.00 bits per heavy atom. The molecule has 0 aromatic heterocycles. The maximum Gasteiger partial charge on any atom is 0.0209 e. The van der Waals surface area contributed by atoms with Gasteiger partial charge in [0.25, 0.3) is 0 Å². The van der Waals surface area contributed by atoms with Gasteiger partial charge in [-0.15, -0.1) is 0 Å². The molecule has 0 bridgehead atoms. The molecule has 2 fully saturated rings. The Kier molecular flexibility index (Phi) is 4.74. The van der Waals surface area contributed by atoms with Gasteiger partial charge in [-0.1, -0.05) is 43.2 Å². The lowest BCUT2D eigenvalue weighted by molar-refractivity contribution is 0.324. The van der Waals surface area contributed by atoms with Crippen LogP contribution in [0.3, 0.4) is 0 Å². The Balaban J connectivity index is 1.36. The van der Waals surface area contributed by atoms with Crippen LogP contribution < -0.4 is 5.32 Å². The summed E-state index contributed by atoms with van der Waals surface area (Å²) in [5, 5.41) is 3.84. The Labute approximate surface area is 123 Å². The van der Waals surface area contributed by atoms with Crippen LogP contribution in [0.2, 0.25) is 0 Å². The second-order valence-corrected chi connectivity index (χ2v) is 6.77. The molecule has 20 heavy (non-hydrogen) atoms. The average molecular weight is 272 g/mol. The summed E-state index contributed by atoms with van der Waals surface area (Å²) in [7, 11) is 0. The fourth-order valence-electron chi connectivity index (χ4n) is 3.43. The van der Waals surface area contributed by atoms with E-state index < -0.39 is 0 Å². The smallest absolute Gasteiger partial charge is 0.0209 e. The van der Waals surface area contributed by atoms with E-state index in [4.69, 9.17) is 0 Å². The highest BCUT2D eigenvalue weighted by atomic mass is 15.2. The van der Waals surface area contributed by atoms with Crippen LogP contribution in [0, 0.1) is 5.92 Å². The molecule has 1 heterocycles. The highest BCUT2D eigenvalue weighted by molar-refractivity contribution is 5.14. The van der Waals surface area contributed by atoms with Crippen LogP contribution in [-0.4, -0.2) is 36.6 Å². The molecule has 2 atom stereocenters. The van der Waals surface area contributed by atoms with Gasteiger partial charge in [-0.2, -0.15) is 0 Å². The molecule has 1 saturated heterocycles. The van der Waals surface area contributed by atoms with E-state index in [0.717, 1.165) is 12.0 Å². The fourth-order valence-corrected chi connectivity index (χ4v) is 3.43. The first-order valence-electron chi connectivity index (χ1n) is 8.32. The Morgan fingerprint density at radius 3 is 2.75 bits per heavy atom. The van der Waals surface area contributed by atoms with Gasteiger partial charge in [0.2, 0.25) is 0 Å². The van der Waals surface area contributed by atoms with E-state index in [9.17, 15) is 0 Å². The summed E-state index contributed by atoms with van der Waals surface area (Å²) < 4.78 is 0. The molecule has 1 aliphatic heterocycles. The molecular formula is C18H28N2. The molecule has 110 valence electrons. The molecular weight excluding hydrogens is 244 g/mol. The largest absolute Gasteiger partial charge is 0.310 e. The minimum absolute atomic E-state index is 0.710. The molecule has 1 aromatic carbocycles. The monoisotopic (exact) mass is 272 g/mol. The number of nitrogens with zero attached hydrogens (tertiary/aromatic N) is 1. The first-order valence-corrected chi connectivity index (χ1v) is 8.32. The normalized spacial score (nSPS) is 24.9. The maximum absolute atomic E-state index is 3.84. The topological polar surface area (TPSA) is 15.3 Å². The average Bonchev–Trinajstić information content (AvgIpc) is 3.15. The van der Waals surface area contributed by atoms with Crippen molar-refractivity contribution in [2.24, 2.45) is 5.92 Å². The van der Waals surface area contributed by atoms with E-state index in [2.05, 4.69) is 47.5 Å². The number of hydrogen-bond donors (Lipinski definition) is 1. The summed E-state index contributed by atoms with van der Waals surface area (Å²) in [6.45, 7) is 6.08. The van der Waals surface area contributed by atoms with E-state index in [1.54, 1.807) is 0 Å². The summed E-state index contributed by atoms with van der Waals surface area (Å²) in [5.41, 5.74) is 1.46. The third-order valence-corrected chi connectivity index (χ3v) is 4.74. The van der Waals surface area contributed by atoms with Crippen molar-refractivity contribution in [2.75, 3.05) is 19.6 Å². The lowest BCUT2D eigenvalue weighted by Gasteiger charge is -2.20. The quantitative estimate of drug-likeness (QED) is 0.820. The van der Waals surface area contributed by atoms with Gasteiger partial charge in [-0.05, 0) is 44.2 Å². The van der Waals surface area contributed by atoms with Crippen molar-refractivity contribution in [1.82, 2.24) is 10.2 Å². The third-order valence-electron chi connectivity index (χ3n) is 4.74. The molecule has 1 N–H and O–H groups in total. The summed E-state index contributed by atoms with van der Waals surface area (Å²) in [6.07, 6.45) is 6.84. The van der Waals surface area contributed by atoms with Gasteiger partial charge in [0, 0.05) is 25.2 Å². The van der Waals surface area contributed by atoms with Crippen LogP contribution in [0.15, 0.2) is 30.3 Å². The van der Waals surface area contributed by atoms with E-state index >= 15 is 0 Å². The number of benzene rings is 1. The highest BCUT2D eigenvalue weighted by Crippen LogP contribution is 2.33. The third kappa shape index (κ3) is 4.32. The lowest BCUT2D eigenvalue weighted by atomic mass is 10.1. The van der Waals surface area contributed by atoms with Crippen LogP contribution >= 0.6 is 0 Å². The molecule has 1 saturated carbocycles. The van der Waals surface area contributed by atoms with E-state index in [-0.39, 0.29) is 0 Å². The predicted molar refractivity (Wildman–Crippen MR) is 84.9 cm³/mol. The molecule has 1 aromatic rings. The molecule has 2 nitrogen and oxygen atoms in total. The summed E-state index contributed by atoms with van der Waals surface area (Å²) >= 11 is 0. The standard InChI is InChI=1S/C18H28N2/c1-15(13-17-7-8-17)19-18-10-12-20(14-18)11-9-16-5-3-2-4-6-16/h2-6,15,17-19H,7-14H2,1H3. The van der Waals surface area contributed by atoms with Crippen LogP contribution in [0.25, 0.3) is 0 Å². The number of likely N-dealkylation sites (tertiary alicyclic amines) is 1. The van der Waals surface area contributed by atoms with Gasteiger partial charge >= 0.3 is 0 Å². The van der Waals surface area contributed by atoms with Gasteiger partial charge in [0.1, 0.15) is 0 Å². The fraction of sp³-hybridized carbons (Fsp3) is 0.667. The summed E-state index contributed by atoms with van der Waals surface area (Å²) in [6, 6.07) is 12.3. The highest BCUT2D eigenvalue weighted by Gasteiger charge is 2.27. The van der Waals surface area contributed by atoms with Crippen molar-refractivity contribution >= 4 is 0 Å². The zero-order chi connectivity index (χ0) is 13.8. The van der Waals surface area contributed by atoms with Crippen molar-refractivity contribution in [3.63, 3.8) is 0 Å². The Morgan fingerprint density at radius 1 is 1.20 bits per heavy atom. The second kappa shape index (κ2) is 6.73. The van der Waals surface area contributed by atoms with E-state index in [0.29, 0.717) is 6.04 Å². The van der Waals surface area contributed by atoms with E-state index in [1.807, 2.05) is 0 Å². The van der Waals surface area contributed by atoms with Gasteiger partial charge in [-0.25, -0.2) is 0 Å². The Hall–Kier alpha value is -0.860. The first-order chi connectivity index (χ1) is 9.79. The van der Waals surface area contributed by atoms with Crippen LogP contribution in [0.1, 0.15) is 38.2 Å². The molecule has 0 radical (unpaired) electrons. The van der Waals surface area contributed by atoms with Crippen molar-refractivity contribution < 1.29 is 0 Å². The van der Waals surface area contributed by atoms with Gasteiger partial charge < -0.3 is 10.2 Å². The molecule has 3 rings (SSSR count). The van der Waals surface area contributed by atoms with Crippen molar-refractivity contribution in [2.45, 2.75) is 51.1 Å². The van der Waals surface area contributed by atoms with Crippen LogP contribution in [-0.2, 0) is 6.42 Å². The number of nitrogens with one attached hydrogen (secondary N) is 1. The maximum atomic E-state index is 3.84. The van der Waals surface area contributed by atoms with Crippen LogP contribution in [0.5, 0.6) is 0 Å². The van der Waals surface area contributed by atoms with Crippen molar-refractivity contribution in [3.8, 4) is 0 Å². The summed E-state index contributed by atoms with van der Waals surface area (Å²) in [4.78, 5) is 2.62. The molecule has 1 aliphatic carbocycles. The van der Waals surface area contributed by atoms with Crippen LogP contribution in [0.4, 0.5) is 0 Å². The van der Waals surface area contributed by atoms with Crippen molar-refractivity contribution in [3.05, 3.63) is 35.9 Å². The van der Waals surface area contributed by atoms with Crippen molar-refractivity contribution in [1.29, 1.82) is 0 Å². The number of rotatable bonds is 7. The van der Waals surface area contributed by atoms with Gasteiger partial charge in [-0.3, -0.25) is 0 Å². The van der Waals surface area contributed by atoms with E-state index in [1.165, 1.54) is 57.3 Å². The second-order valence-electron chi connectivity index (χ2n) is 6.77. The molecule has 2 unspecified atom stereocenters. The molecule has 0 spiro atoms. The number of hydrogen-bond acceptors (Lipinski definition) is 2. The zero-order valence-corrected chi connectivity index (χ0v) is 12.7.